The van der Waals surface area contributed by atoms with Crippen molar-refractivity contribution in [2.45, 2.75) is 51.9 Å². The predicted octanol–water partition coefficient (Wildman–Crippen LogP) is 2.51. The van der Waals surface area contributed by atoms with Crippen molar-refractivity contribution in [2.75, 3.05) is 6.66 Å². The van der Waals surface area contributed by atoms with E-state index in [1.807, 2.05) is 0 Å². The summed E-state index contributed by atoms with van der Waals surface area (Å²) in [4.78, 5) is 0. The standard InChI is InChI=1S/C9H21P.BH3/c1-8(2,3)10(7)9(4,5)6;/h1-7H3;1H3. The second kappa shape index (κ2) is 3.94. The van der Waals surface area contributed by atoms with Gasteiger partial charge in [0.2, 0.25) is 0 Å². The highest BCUT2D eigenvalue weighted by atomic mass is 31.1. The topological polar surface area (TPSA) is 0 Å². The SMILES string of the molecule is B.CP(C(C)(C)C)C(C)(C)C. The average Bonchev–Trinajstić information content (AvgIpc) is 1.59. The normalized spacial score (nSPS) is 13.1. The van der Waals surface area contributed by atoms with Gasteiger partial charge in [-0.3, -0.25) is 0 Å². The molecule has 0 saturated heterocycles. The van der Waals surface area contributed by atoms with E-state index >= 15 is 0 Å². The molecule has 0 aliphatic heterocycles. The van der Waals surface area contributed by atoms with Crippen molar-refractivity contribution < 1.29 is 0 Å². The Morgan fingerprint density at radius 1 is 0.727 bits per heavy atom. The third kappa shape index (κ3) is 4.85. The molecule has 0 N–H and O–H groups in total. The molecule has 0 heterocycles. The third-order valence-electron chi connectivity index (χ3n) is 2.01. The van der Waals surface area contributed by atoms with Gasteiger partial charge in [0.15, 0.2) is 0 Å². The van der Waals surface area contributed by atoms with Crippen LogP contribution in [0.3, 0.4) is 0 Å². The molecule has 0 nitrogen and oxygen atoms in total. The van der Waals surface area contributed by atoms with Gasteiger partial charge in [-0.15, -0.1) is 0 Å². The highest BCUT2D eigenvalue weighted by Crippen LogP contribution is 2.55. The Hall–Kier alpha value is 0.495. The first-order valence-corrected chi connectivity index (χ1v) is 5.68. The summed E-state index contributed by atoms with van der Waals surface area (Å²) >= 11 is 0. The summed E-state index contributed by atoms with van der Waals surface area (Å²) in [5.74, 6) is 0. The molecule has 0 saturated carbocycles. The molecule has 0 aromatic heterocycles. The minimum Gasteiger partial charge on any atom is -0.0988 e. The van der Waals surface area contributed by atoms with Gasteiger partial charge in [0.25, 0.3) is 0 Å². The Balaban J connectivity index is 0. The molecule has 11 heavy (non-hydrogen) atoms. The van der Waals surface area contributed by atoms with E-state index in [1.165, 1.54) is 0 Å². The average molecular weight is 174 g/mol. The van der Waals surface area contributed by atoms with E-state index in [4.69, 9.17) is 0 Å². The van der Waals surface area contributed by atoms with Crippen LogP contribution in [-0.2, 0) is 0 Å². The van der Waals surface area contributed by atoms with E-state index < -0.39 is 0 Å². The zero-order chi connectivity index (χ0) is 8.58. The lowest BCUT2D eigenvalue weighted by molar-refractivity contribution is 0.711. The minimum atomic E-state index is 0. The fourth-order valence-electron chi connectivity index (χ4n) is 1.01. The van der Waals surface area contributed by atoms with Crippen molar-refractivity contribution in [3.05, 3.63) is 0 Å². The van der Waals surface area contributed by atoms with Gasteiger partial charge >= 0.3 is 0 Å². The quantitative estimate of drug-likeness (QED) is 0.391. The summed E-state index contributed by atoms with van der Waals surface area (Å²) in [6.45, 7) is 16.4. The van der Waals surface area contributed by atoms with Crippen molar-refractivity contribution >= 4 is 16.3 Å². The van der Waals surface area contributed by atoms with Gasteiger partial charge in [-0.2, -0.15) is 0 Å². The first-order chi connectivity index (χ1) is 4.15. The Labute approximate surface area is 75.5 Å². The van der Waals surface area contributed by atoms with Crippen LogP contribution in [0.2, 0.25) is 0 Å². The molecule has 0 spiro atoms. The van der Waals surface area contributed by atoms with Crippen molar-refractivity contribution in [3.8, 4) is 0 Å². The van der Waals surface area contributed by atoms with Crippen LogP contribution in [0.25, 0.3) is 0 Å². The lowest BCUT2D eigenvalue weighted by Gasteiger charge is -2.38. The van der Waals surface area contributed by atoms with E-state index in [2.05, 4.69) is 48.2 Å². The lowest BCUT2D eigenvalue weighted by Crippen LogP contribution is -2.23. The summed E-state index contributed by atoms with van der Waals surface area (Å²) in [5, 5.41) is 1.02. The molecule has 0 bridgehead atoms. The smallest absolute Gasteiger partial charge is 0.0814 e. The second-order valence-corrected chi connectivity index (χ2v) is 8.70. The van der Waals surface area contributed by atoms with Gasteiger partial charge in [0.1, 0.15) is 0 Å². The van der Waals surface area contributed by atoms with E-state index in [1.54, 1.807) is 0 Å². The fourth-order valence-corrected chi connectivity index (χ4v) is 3.02. The third-order valence-corrected chi connectivity index (χ3v) is 6.04. The van der Waals surface area contributed by atoms with E-state index in [0.717, 1.165) is 0 Å². The lowest BCUT2D eigenvalue weighted by atomic mass is 10.2. The molecule has 0 radical (unpaired) electrons. The number of hydrogen-bond acceptors (Lipinski definition) is 0. The maximum atomic E-state index is 2.40. The Bertz CT molecular complexity index is 93.7. The molecule has 0 aromatic carbocycles. The van der Waals surface area contributed by atoms with Gasteiger partial charge < -0.3 is 0 Å². The fraction of sp³-hybridized carbons (Fsp3) is 1.00. The van der Waals surface area contributed by atoms with E-state index in [0.29, 0.717) is 10.3 Å². The summed E-state index contributed by atoms with van der Waals surface area (Å²) in [7, 11) is 0.137. The van der Waals surface area contributed by atoms with E-state index in [9.17, 15) is 0 Å². The van der Waals surface area contributed by atoms with Crippen molar-refractivity contribution in [3.63, 3.8) is 0 Å². The second-order valence-electron chi connectivity index (χ2n) is 4.90. The molecular formula is C9H24BP. The minimum absolute atomic E-state index is 0. The highest BCUT2D eigenvalue weighted by Gasteiger charge is 2.29. The molecule has 0 atom stereocenters. The zero-order valence-electron chi connectivity index (χ0n) is 8.45. The van der Waals surface area contributed by atoms with E-state index in [-0.39, 0.29) is 16.3 Å². The Morgan fingerprint density at radius 3 is 0.909 bits per heavy atom. The molecule has 68 valence electrons. The molecule has 0 rings (SSSR count). The van der Waals surface area contributed by atoms with Crippen LogP contribution in [0.4, 0.5) is 0 Å². The first-order valence-electron chi connectivity index (χ1n) is 3.89. The van der Waals surface area contributed by atoms with Crippen LogP contribution in [0.1, 0.15) is 41.5 Å². The van der Waals surface area contributed by atoms with Crippen molar-refractivity contribution in [1.29, 1.82) is 0 Å². The van der Waals surface area contributed by atoms with Crippen LogP contribution >= 0.6 is 7.92 Å². The molecule has 0 fully saturated rings. The highest BCUT2D eigenvalue weighted by molar-refractivity contribution is 7.60. The van der Waals surface area contributed by atoms with Crippen LogP contribution < -0.4 is 0 Å². The van der Waals surface area contributed by atoms with Gasteiger partial charge in [0, 0.05) is 0 Å². The van der Waals surface area contributed by atoms with Crippen molar-refractivity contribution in [1.82, 2.24) is 0 Å². The summed E-state index contributed by atoms with van der Waals surface area (Å²) in [6.07, 6.45) is 0. The van der Waals surface area contributed by atoms with Gasteiger partial charge in [-0.25, -0.2) is 0 Å². The van der Waals surface area contributed by atoms with Gasteiger partial charge in [0.05, 0.1) is 8.41 Å². The van der Waals surface area contributed by atoms with Crippen LogP contribution in [0, 0.1) is 0 Å². The zero-order valence-corrected chi connectivity index (χ0v) is 9.34. The molecule has 0 amide bonds. The Kier molecular flexibility index (Phi) is 5.03. The van der Waals surface area contributed by atoms with Crippen LogP contribution in [-0.4, -0.2) is 25.4 Å². The molecule has 0 unspecified atom stereocenters. The monoisotopic (exact) mass is 174 g/mol. The Morgan fingerprint density at radius 2 is 0.909 bits per heavy atom. The van der Waals surface area contributed by atoms with Gasteiger partial charge in [-0.1, -0.05) is 49.5 Å². The largest absolute Gasteiger partial charge is 0.0988 e. The maximum Gasteiger partial charge on any atom is 0.0814 e. The van der Waals surface area contributed by atoms with Crippen molar-refractivity contribution in [2.24, 2.45) is 0 Å². The summed E-state index contributed by atoms with van der Waals surface area (Å²) in [6, 6.07) is 0. The molecule has 0 aliphatic carbocycles. The number of rotatable bonds is 0. The van der Waals surface area contributed by atoms with Gasteiger partial charge in [-0.05, 0) is 17.0 Å². The summed E-state index contributed by atoms with van der Waals surface area (Å²) in [5.41, 5.74) is 0. The maximum absolute atomic E-state index is 2.40. The van der Waals surface area contributed by atoms with Crippen LogP contribution in [0.5, 0.6) is 0 Å². The molecular weight excluding hydrogens is 150 g/mol. The molecule has 2 heteroatoms. The molecule has 0 aromatic rings. The first kappa shape index (κ1) is 14.0. The predicted molar refractivity (Wildman–Crippen MR) is 62.3 cm³/mol. The summed E-state index contributed by atoms with van der Waals surface area (Å²) < 4.78 is 0. The molecule has 0 aliphatic rings. The van der Waals surface area contributed by atoms with Crippen LogP contribution in [0.15, 0.2) is 0 Å². The number of hydrogen-bond donors (Lipinski definition) is 0.